The van der Waals surface area contributed by atoms with E-state index < -0.39 is 0 Å². The van der Waals surface area contributed by atoms with Crippen LogP contribution in [0.1, 0.15) is 16.1 Å². The van der Waals surface area contributed by atoms with Gasteiger partial charge in [0.1, 0.15) is 5.69 Å². The van der Waals surface area contributed by atoms with Crippen molar-refractivity contribution >= 4 is 18.0 Å². The molecule has 1 fully saturated rings. The quantitative estimate of drug-likeness (QED) is 0.830. The summed E-state index contributed by atoms with van der Waals surface area (Å²) in [6.45, 7) is 2.90. The highest BCUT2D eigenvalue weighted by atomic mass is 16.2. The maximum atomic E-state index is 12.4. The number of nitrogens with zero attached hydrogens (tertiary/aromatic N) is 4. The van der Waals surface area contributed by atoms with Crippen molar-refractivity contribution in [3.63, 3.8) is 0 Å². The highest BCUT2D eigenvalue weighted by Crippen LogP contribution is 2.11. The van der Waals surface area contributed by atoms with Crippen LogP contribution in [0.2, 0.25) is 0 Å². The smallest absolute Gasteiger partial charge is 0.272 e. The Labute approximate surface area is 140 Å². The van der Waals surface area contributed by atoms with Crippen molar-refractivity contribution in [1.29, 1.82) is 0 Å². The lowest BCUT2D eigenvalue weighted by Crippen LogP contribution is -2.48. The molecule has 0 saturated carbocycles. The minimum atomic E-state index is -0.0961. The number of pyridine rings is 2. The number of nitrogens with one attached hydrogen (secondary N) is 1. The Hall–Kier alpha value is -2.96. The van der Waals surface area contributed by atoms with E-state index in [2.05, 4.69) is 15.3 Å². The Morgan fingerprint density at radius 1 is 1.12 bits per heavy atom. The highest BCUT2D eigenvalue weighted by molar-refractivity contribution is 5.92. The molecule has 2 amide bonds. The molecule has 0 aromatic carbocycles. The van der Waals surface area contributed by atoms with Crippen LogP contribution in [-0.4, -0.2) is 58.3 Å². The lowest BCUT2D eigenvalue weighted by molar-refractivity contribution is -0.119. The molecule has 2 aromatic heterocycles. The van der Waals surface area contributed by atoms with Crippen molar-refractivity contribution in [1.82, 2.24) is 19.8 Å². The molecule has 0 atom stereocenters. The molecule has 1 aliphatic rings. The average Bonchev–Trinajstić information content (AvgIpc) is 2.67. The van der Waals surface area contributed by atoms with Crippen LogP contribution in [0.25, 0.3) is 0 Å². The first kappa shape index (κ1) is 15.9. The largest absolute Gasteiger partial charge is 0.380 e. The number of piperazine rings is 1. The van der Waals surface area contributed by atoms with Gasteiger partial charge >= 0.3 is 0 Å². The lowest BCUT2D eigenvalue weighted by atomic mass is 10.2. The van der Waals surface area contributed by atoms with Crippen molar-refractivity contribution in [2.24, 2.45) is 0 Å². The molecule has 0 spiro atoms. The van der Waals surface area contributed by atoms with Gasteiger partial charge in [-0.25, -0.2) is 4.98 Å². The molecule has 0 aliphatic carbocycles. The number of carbonyl (C=O) groups excluding carboxylic acids is 2. The standard InChI is InChI=1S/C17H19N5O2/c23-13-21-7-9-22(10-8-21)17(24)16-2-1-15(12-20-16)19-11-14-3-5-18-6-4-14/h1-6,12-13,19H,7-11H2. The molecule has 7 heteroatoms. The summed E-state index contributed by atoms with van der Waals surface area (Å²) in [7, 11) is 0. The topological polar surface area (TPSA) is 78.4 Å². The first-order valence-electron chi connectivity index (χ1n) is 7.84. The van der Waals surface area contributed by atoms with Crippen molar-refractivity contribution < 1.29 is 9.59 Å². The molecule has 24 heavy (non-hydrogen) atoms. The summed E-state index contributed by atoms with van der Waals surface area (Å²) in [5.74, 6) is -0.0961. The van der Waals surface area contributed by atoms with Gasteiger partial charge in [-0.3, -0.25) is 14.6 Å². The van der Waals surface area contributed by atoms with Crippen LogP contribution >= 0.6 is 0 Å². The number of carbonyl (C=O) groups is 2. The monoisotopic (exact) mass is 325 g/mol. The third kappa shape index (κ3) is 3.87. The van der Waals surface area contributed by atoms with Crippen LogP contribution in [0.3, 0.4) is 0 Å². The van der Waals surface area contributed by atoms with Crippen LogP contribution in [0.15, 0.2) is 42.9 Å². The minimum Gasteiger partial charge on any atom is -0.380 e. The van der Waals surface area contributed by atoms with E-state index in [9.17, 15) is 9.59 Å². The second-order valence-electron chi connectivity index (χ2n) is 5.57. The van der Waals surface area contributed by atoms with Gasteiger partial charge in [-0.15, -0.1) is 0 Å². The van der Waals surface area contributed by atoms with Gasteiger partial charge in [0.05, 0.1) is 11.9 Å². The van der Waals surface area contributed by atoms with Crippen molar-refractivity contribution in [3.8, 4) is 0 Å². The van der Waals surface area contributed by atoms with Gasteiger partial charge in [0.2, 0.25) is 6.41 Å². The summed E-state index contributed by atoms with van der Waals surface area (Å²) in [5.41, 5.74) is 2.40. The summed E-state index contributed by atoms with van der Waals surface area (Å²) >= 11 is 0. The van der Waals surface area contributed by atoms with Crippen molar-refractivity contribution in [3.05, 3.63) is 54.1 Å². The van der Waals surface area contributed by atoms with E-state index >= 15 is 0 Å². The zero-order chi connectivity index (χ0) is 16.8. The van der Waals surface area contributed by atoms with Gasteiger partial charge in [0.15, 0.2) is 0 Å². The number of hydrogen-bond donors (Lipinski definition) is 1. The van der Waals surface area contributed by atoms with E-state index in [4.69, 9.17) is 0 Å². The van der Waals surface area contributed by atoms with E-state index in [1.54, 1.807) is 34.5 Å². The second kappa shape index (κ2) is 7.54. The van der Waals surface area contributed by atoms with Crippen LogP contribution < -0.4 is 5.32 Å². The molecular weight excluding hydrogens is 306 g/mol. The number of anilines is 1. The van der Waals surface area contributed by atoms with Gasteiger partial charge in [0.25, 0.3) is 5.91 Å². The molecule has 0 bridgehead atoms. The van der Waals surface area contributed by atoms with Gasteiger partial charge < -0.3 is 15.1 Å². The molecule has 2 aromatic rings. The summed E-state index contributed by atoms with van der Waals surface area (Å²) < 4.78 is 0. The third-order valence-corrected chi connectivity index (χ3v) is 3.98. The Bertz CT molecular complexity index is 682. The van der Waals surface area contributed by atoms with Crippen LogP contribution in [0, 0.1) is 0 Å². The normalized spacial score (nSPS) is 14.3. The Balaban J connectivity index is 1.56. The van der Waals surface area contributed by atoms with E-state index in [-0.39, 0.29) is 5.91 Å². The molecule has 7 nitrogen and oxygen atoms in total. The van der Waals surface area contributed by atoms with Gasteiger partial charge in [-0.1, -0.05) is 0 Å². The number of aromatic nitrogens is 2. The van der Waals surface area contributed by atoms with E-state index in [1.807, 2.05) is 18.2 Å². The zero-order valence-corrected chi connectivity index (χ0v) is 13.3. The van der Waals surface area contributed by atoms with Gasteiger partial charge in [-0.2, -0.15) is 0 Å². The molecule has 3 rings (SSSR count). The van der Waals surface area contributed by atoms with E-state index in [0.29, 0.717) is 38.4 Å². The van der Waals surface area contributed by atoms with Gasteiger partial charge in [-0.05, 0) is 29.8 Å². The second-order valence-corrected chi connectivity index (χ2v) is 5.57. The molecule has 1 N–H and O–H groups in total. The fourth-order valence-electron chi connectivity index (χ4n) is 2.52. The number of rotatable bonds is 5. The van der Waals surface area contributed by atoms with Gasteiger partial charge in [0, 0.05) is 45.1 Å². The first-order valence-corrected chi connectivity index (χ1v) is 7.84. The summed E-state index contributed by atoms with van der Waals surface area (Å²) in [6, 6.07) is 7.46. The predicted octanol–water partition coefficient (Wildman–Crippen LogP) is 1.00. The Kier molecular flexibility index (Phi) is 5.00. The fraction of sp³-hybridized carbons (Fsp3) is 0.294. The van der Waals surface area contributed by atoms with Crippen LogP contribution in [-0.2, 0) is 11.3 Å². The zero-order valence-electron chi connectivity index (χ0n) is 13.3. The molecule has 3 heterocycles. The Morgan fingerprint density at radius 3 is 2.50 bits per heavy atom. The molecule has 0 unspecified atom stereocenters. The van der Waals surface area contributed by atoms with Crippen LogP contribution in [0.5, 0.6) is 0 Å². The lowest BCUT2D eigenvalue weighted by Gasteiger charge is -2.32. The molecule has 1 saturated heterocycles. The number of hydrogen-bond acceptors (Lipinski definition) is 5. The molecule has 124 valence electrons. The maximum absolute atomic E-state index is 12.4. The first-order chi connectivity index (χ1) is 11.8. The maximum Gasteiger partial charge on any atom is 0.272 e. The van der Waals surface area contributed by atoms with E-state index in [1.165, 1.54) is 0 Å². The van der Waals surface area contributed by atoms with Crippen molar-refractivity contribution in [2.75, 3.05) is 31.5 Å². The molecule has 0 radical (unpaired) electrons. The summed E-state index contributed by atoms with van der Waals surface area (Å²) in [5, 5.41) is 3.26. The summed E-state index contributed by atoms with van der Waals surface area (Å²) in [4.78, 5) is 34.8. The third-order valence-electron chi connectivity index (χ3n) is 3.98. The highest BCUT2D eigenvalue weighted by Gasteiger charge is 2.21. The van der Waals surface area contributed by atoms with Crippen molar-refractivity contribution in [2.45, 2.75) is 6.54 Å². The van der Waals surface area contributed by atoms with Crippen LogP contribution in [0.4, 0.5) is 5.69 Å². The molecular formula is C17H19N5O2. The Morgan fingerprint density at radius 2 is 1.88 bits per heavy atom. The minimum absolute atomic E-state index is 0.0961. The fourth-order valence-corrected chi connectivity index (χ4v) is 2.52. The predicted molar refractivity (Wildman–Crippen MR) is 89.3 cm³/mol. The van der Waals surface area contributed by atoms with E-state index in [0.717, 1.165) is 17.7 Å². The summed E-state index contributed by atoms with van der Waals surface area (Å²) in [6.07, 6.45) is 5.99. The average molecular weight is 325 g/mol. The molecule has 1 aliphatic heterocycles. The SMILES string of the molecule is O=CN1CCN(C(=O)c2ccc(NCc3ccncc3)cn2)CC1. The number of amides is 2.